The Balaban J connectivity index is 1.93. The van der Waals surface area contributed by atoms with E-state index in [0.717, 1.165) is 44.9 Å². The van der Waals surface area contributed by atoms with Crippen molar-refractivity contribution >= 4 is 29.5 Å². The number of rotatable bonds is 15. The third kappa shape index (κ3) is 5.26. The standard InChI is InChI=1S/C28H44N2O5S/c1-6-8-13-19-35-26(34)22-21-24(32)30(17-11-9-10-12-18-31)23(25(33)29(16-7-2)20(3)4)28(21)15-14-27(22,5)36-28/h6-7,20-23,31H,1-2,8-19H2,3-5H3/t21-,22-,23?,27+,28?/m0/s1. The molecule has 0 saturated carbocycles. The average molecular weight is 521 g/mol. The molecule has 3 aliphatic rings. The molecule has 3 fully saturated rings. The molecule has 0 aliphatic carbocycles. The molecule has 2 amide bonds. The Bertz CT molecular complexity index is 848. The highest BCUT2D eigenvalue weighted by Crippen LogP contribution is 2.71. The van der Waals surface area contributed by atoms with E-state index >= 15 is 0 Å². The maximum atomic E-state index is 14.1. The van der Waals surface area contributed by atoms with Crippen LogP contribution in [0.5, 0.6) is 0 Å². The van der Waals surface area contributed by atoms with Crippen LogP contribution in [0.2, 0.25) is 0 Å². The van der Waals surface area contributed by atoms with Gasteiger partial charge in [0.1, 0.15) is 6.04 Å². The lowest BCUT2D eigenvalue weighted by molar-refractivity contribution is -0.155. The van der Waals surface area contributed by atoms with Crippen LogP contribution in [0.15, 0.2) is 25.3 Å². The lowest BCUT2D eigenvalue weighted by Crippen LogP contribution is -2.56. The van der Waals surface area contributed by atoms with Gasteiger partial charge in [0.05, 0.1) is 23.2 Å². The molecular weight excluding hydrogens is 476 g/mol. The van der Waals surface area contributed by atoms with Crippen LogP contribution >= 0.6 is 11.8 Å². The second-order valence-corrected chi connectivity index (χ2v) is 12.8. The molecule has 2 unspecified atom stereocenters. The Labute approximate surface area is 220 Å². The van der Waals surface area contributed by atoms with Crippen molar-refractivity contribution < 1.29 is 24.2 Å². The number of thioether (sulfide) groups is 1. The van der Waals surface area contributed by atoms with E-state index in [1.54, 1.807) is 33.7 Å². The first-order valence-corrected chi connectivity index (χ1v) is 14.3. The number of aliphatic hydroxyl groups excluding tert-OH is 1. The molecule has 3 rings (SSSR count). The zero-order chi connectivity index (χ0) is 26.5. The molecule has 0 aromatic heterocycles. The Hall–Kier alpha value is -1.80. The maximum absolute atomic E-state index is 14.1. The summed E-state index contributed by atoms with van der Waals surface area (Å²) in [5, 5.41) is 9.10. The van der Waals surface area contributed by atoms with Crippen molar-refractivity contribution in [3.05, 3.63) is 25.3 Å². The molecule has 0 radical (unpaired) electrons. The van der Waals surface area contributed by atoms with Gasteiger partial charge in [0, 0.05) is 30.5 Å². The van der Waals surface area contributed by atoms with Crippen molar-refractivity contribution in [1.29, 1.82) is 0 Å². The van der Waals surface area contributed by atoms with Crippen LogP contribution in [0, 0.1) is 11.8 Å². The van der Waals surface area contributed by atoms with Crippen molar-refractivity contribution in [3.8, 4) is 0 Å². The first kappa shape index (κ1) is 28.8. The first-order valence-electron chi connectivity index (χ1n) is 13.5. The van der Waals surface area contributed by atoms with E-state index in [-0.39, 0.29) is 30.4 Å². The summed E-state index contributed by atoms with van der Waals surface area (Å²) in [4.78, 5) is 45.1. The van der Waals surface area contributed by atoms with Gasteiger partial charge in [-0.3, -0.25) is 14.4 Å². The van der Waals surface area contributed by atoms with Crippen LogP contribution in [-0.4, -0.2) is 80.6 Å². The summed E-state index contributed by atoms with van der Waals surface area (Å²) in [7, 11) is 0. The highest BCUT2D eigenvalue weighted by atomic mass is 32.2. The van der Waals surface area contributed by atoms with E-state index in [0.29, 0.717) is 26.1 Å². The summed E-state index contributed by atoms with van der Waals surface area (Å²) < 4.78 is 4.64. The van der Waals surface area contributed by atoms with Gasteiger partial charge < -0.3 is 19.6 Å². The average Bonchev–Trinajstić information content (AvgIpc) is 3.40. The number of amides is 2. The third-order valence-electron chi connectivity index (χ3n) is 8.10. The fourth-order valence-corrected chi connectivity index (χ4v) is 8.73. The molecule has 0 aromatic rings. The van der Waals surface area contributed by atoms with Crippen LogP contribution in [0.4, 0.5) is 0 Å². The van der Waals surface area contributed by atoms with E-state index in [2.05, 4.69) is 20.1 Å². The Morgan fingerprint density at radius 1 is 1.19 bits per heavy atom. The van der Waals surface area contributed by atoms with Crippen LogP contribution in [0.3, 0.4) is 0 Å². The largest absolute Gasteiger partial charge is 0.465 e. The van der Waals surface area contributed by atoms with E-state index in [1.165, 1.54) is 0 Å². The van der Waals surface area contributed by atoms with Gasteiger partial charge in [0.25, 0.3) is 0 Å². The van der Waals surface area contributed by atoms with Crippen molar-refractivity contribution in [2.24, 2.45) is 11.8 Å². The normalized spacial score (nSPS) is 30.5. The highest BCUT2D eigenvalue weighted by molar-refractivity contribution is 8.02. The number of hydrogen-bond acceptors (Lipinski definition) is 6. The summed E-state index contributed by atoms with van der Waals surface area (Å²) in [6.45, 7) is 15.0. The quantitative estimate of drug-likeness (QED) is 0.200. The number of fused-ring (bicyclic) bond motifs is 1. The number of aliphatic hydroxyl groups is 1. The zero-order valence-corrected chi connectivity index (χ0v) is 23.1. The van der Waals surface area contributed by atoms with Gasteiger partial charge in [-0.2, -0.15) is 0 Å². The van der Waals surface area contributed by atoms with Crippen LogP contribution in [0.1, 0.15) is 72.1 Å². The van der Waals surface area contributed by atoms with Crippen LogP contribution in [-0.2, 0) is 19.1 Å². The minimum atomic E-state index is -0.618. The molecule has 3 aliphatic heterocycles. The molecule has 0 aromatic carbocycles. The molecule has 7 nitrogen and oxygen atoms in total. The lowest BCUT2D eigenvalue weighted by Gasteiger charge is -2.38. The zero-order valence-electron chi connectivity index (χ0n) is 22.2. The van der Waals surface area contributed by atoms with E-state index < -0.39 is 27.4 Å². The number of ether oxygens (including phenoxy) is 1. The van der Waals surface area contributed by atoms with Crippen molar-refractivity contribution in [3.63, 3.8) is 0 Å². The lowest BCUT2D eigenvalue weighted by atomic mass is 9.66. The number of unbranched alkanes of at least 4 members (excludes halogenated alkanes) is 4. The molecule has 3 heterocycles. The molecule has 202 valence electrons. The molecule has 8 heteroatoms. The fourth-order valence-electron chi connectivity index (χ4n) is 6.39. The van der Waals surface area contributed by atoms with Crippen molar-refractivity contribution in [1.82, 2.24) is 9.80 Å². The second-order valence-electron chi connectivity index (χ2n) is 10.9. The SMILES string of the molecule is C=CCCCOC(=O)[C@@H]1[C@H]2C(=O)N(CCCCCCO)C(C(=O)N(CC=C)C(C)C)C23CC[C@@]1(C)S3. The molecule has 36 heavy (non-hydrogen) atoms. The first-order chi connectivity index (χ1) is 17.2. The molecule has 1 N–H and O–H groups in total. The van der Waals surface area contributed by atoms with E-state index in [9.17, 15) is 14.4 Å². The predicted octanol–water partition coefficient (Wildman–Crippen LogP) is 3.95. The van der Waals surface area contributed by atoms with Gasteiger partial charge in [-0.25, -0.2) is 0 Å². The number of carbonyl (C=O) groups excluding carboxylic acids is 3. The monoisotopic (exact) mass is 520 g/mol. The van der Waals surface area contributed by atoms with Gasteiger partial charge >= 0.3 is 5.97 Å². The number of hydrogen-bond donors (Lipinski definition) is 1. The summed E-state index contributed by atoms with van der Waals surface area (Å²) in [5.74, 6) is -1.53. The minimum Gasteiger partial charge on any atom is -0.465 e. The Morgan fingerprint density at radius 2 is 1.92 bits per heavy atom. The molecule has 5 atom stereocenters. The number of nitrogens with zero attached hydrogens (tertiary/aromatic N) is 2. The van der Waals surface area contributed by atoms with Crippen LogP contribution in [0.25, 0.3) is 0 Å². The summed E-state index contributed by atoms with van der Waals surface area (Å²) in [6, 6.07) is -0.627. The summed E-state index contributed by atoms with van der Waals surface area (Å²) in [6.07, 6.45) is 9.79. The predicted molar refractivity (Wildman–Crippen MR) is 143 cm³/mol. The number of likely N-dealkylation sites (tertiary alicyclic amines) is 1. The maximum Gasteiger partial charge on any atom is 0.311 e. The number of allylic oxidation sites excluding steroid dienone is 1. The van der Waals surface area contributed by atoms with Crippen LogP contribution < -0.4 is 0 Å². The highest BCUT2D eigenvalue weighted by Gasteiger charge is 2.77. The van der Waals surface area contributed by atoms with E-state index in [1.807, 2.05) is 13.8 Å². The fraction of sp³-hybridized carbons (Fsp3) is 0.750. The van der Waals surface area contributed by atoms with Gasteiger partial charge in [-0.15, -0.1) is 24.9 Å². The molecule has 3 saturated heterocycles. The van der Waals surface area contributed by atoms with Gasteiger partial charge in [-0.05, 0) is 59.3 Å². The number of carbonyl (C=O) groups is 3. The molecule has 2 bridgehead atoms. The van der Waals surface area contributed by atoms with Crippen molar-refractivity contribution in [2.75, 3.05) is 26.3 Å². The summed E-state index contributed by atoms with van der Waals surface area (Å²) in [5.41, 5.74) is 0. The Morgan fingerprint density at radius 3 is 2.56 bits per heavy atom. The summed E-state index contributed by atoms with van der Waals surface area (Å²) >= 11 is 1.68. The number of esters is 1. The Kier molecular flexibility index (Phi) is 9.72. The van der Waals surface area contributed by atoms with E-state index in [4.69, 9.17) is 9.84 Å². The third-order valence-corrected chi connectivity index (χ3v) is 10.1. The minimum absolute atomic E-state index is 0.0303. The smallest absolute Gasteiger partial charge is 0.311 e. The van der Waals surface area contributed by atoms with Gasteiger partial charge in [-0.1, -0.05) is 25.0 Å². The molecule has 1 spiro atoms. The topological polar surface area (TPSA) is 87.1 Å². The second kappa shape index (κ2) is 12.2. The molecular formula is C28H44N2O5S. The van der Waals surface area contributed by atoms with Crippen molar-refractivity contribution in [2.45, 2.75) is 93.7 Å². The van der Waals surface area contributed by atoms with Gasteiger partial charge in [0.2, 0.25) is 11.8 Å². The van der Waals surface area contributed by atoms with Gasteiger partial charge in [0.15, 0.2) is 0 Å².